The van der Waals surface area contributed by atoms with Crippen LogP contribution < -0.4 is 5.32 Å². The number of rotatable bonds is 9. The molecule has 1 rings (SSSR count). The minimum atomic E-state index is 0.640. The van der Waals surface area contributed by atoms with Gasteiger partial charge in [-0.25, -0.2) is 0 Å². The Morgan fingerprint density at radius 1 is 1.21 bits per heavy atom. The predicted molar refractivity (Wildman–Crippen MR) is 81.7 cm³/mol. The lowest BCUT2D eigenvalue weighted by molar-refractivity contribution is 0.0173. The molecule has 0 saturated carbocycles. The average Bonchev–Trinajstić information content (AvgIpc) is 2.39. The van der Waals surface area contributed by atoms with Crippen molar-refractivity contribution in [3.63, 3.8) is 0 Å². The van der Waals surface area contributed by atoms with Gasteiger partial charge in [0.1, 0.15) is 0 Å². The molecule has 2 unspecified atom stereocenters. The Kier molecular flexibility index (Phi) is 8.62. The summed E-state index contributed by atoms with van der Waals surface area (Å²) in [7, 11) is 4.29. The average molecular weight is 271 g/mol. The van der Waals surface area contributed by atoms with Crippen molar-refractivity contribution in [1.29, 1.82) is 0 Å². The highest BCUT2D eigenvalue weighted by molar-refractivity contribution is 4.81. The van der Waals surface area contributed by atoms with Crippen LogP contribution in [0.5, 0.6) is 0 Å². The van der Waals surface area contributed by atoms with E-state index in [-0.39, 0.29) is 0 Å². The summed E-state index contributed by atoms with van der Waals surface area (Å²) < 4.78 is 5.67. The Balaban J connectivity index is 2.34. The lowest BCUT2D eigenvalue weighted by Crippen LogP contribution is -2.48. The molecule has 1 saturated heterocycles. The van der Waals surface area contributed by atoms with Gasteiger partial charge >= 0.3 is 0 Å². The lowest BCUT2D eigenvalue weighted by Gasteiger charge is -2.35. The van der Waals surface area contributed by atoms with Gasteiger partial charge in [-0.3, -0.25) is 0 Å². The number of ether oxygens (including phenoxy) is 1. The van der Waals surface area contributed by atoms with Crippen LogP contribution in [0.4, 0.5) is 0 Å². The lowest BCUT2D eigenvalue weighted by atomic mass is 9.95. The summed E-state index contributed by atoms with van der Waals surface area (Å²) in [5.41, 5.74) is 0. The van der Waals surface area contributed by atoms with E-state index in [9.17, 15) is 0 Å². The van der Waals surface area contributed by atoms with E-state index in [1.54, 1.807) is 0 Å². The molecule has 4 heteroatoms. The van der Waals surface area contributed by atoms with Gasteiger partial charge in [0, 0.05) is 25.1 Å². The second kappa shape index (κ2) is 9.70. The second-order valence-electron chi connectivity index (χ2n) is 5.84. The predicted octanol–water partition coefficient (Wildman–Crippen LogP) is 1.27. The first kappa shape index (κ1) is 16.9. The summed E-state index contributed by atoms with van der Waals surface area (Å²) in [5, 5.41) is 3.62. The maximum atomic E-state index is 5.67. The van der Waals surface area contributed by atoms with Gasteiger partial charge in [0.05, 0.1) is 6.61 Å². The zero-order chi connectivity index (χ0) is 14.1. The SMILES string of the molecule is CCNC1CCOCC1CN(CC)CCCN(C)C. The van der Waals surface area contributed by atoms with Gasteiger partial charge in [0.2, 0.25) is 0 Å². The summed E-state index contributed by atoms with van der Waals surface area (Å²) in [6.45, 7) is 12.0. The van der Waals surface area contributed by atoms with E-state index in [4.69, 9.17) is 4.74 Å². The maximum absolute atomic E-state index is 5.67. The van der Waals surface area contributed by atoms with Crippen molar-refractivity contribution in [3.8, 4) is 0 Å². The molecular formula is C15H33N3O. The molecule has 4 nitrogen and oxygen atoms in total. The van der Waals surface area contributed by atoms with Gasteiger partial charge in [-0.15, -0.1) is 0 Å². The van der Waals surface area contributed by atoms with Crippen LogP contribution in [0.2, 0.25) is 0 Å². The van der Waals surface area contributed by atoms with E-state index in [0.29, 0.717) is 12.0 Å². The molecule has 0 bridgehead atoms. The van der Waals surface area contributed by atoms with Crippen LogP contribution in [0.1, 0.15) is 26.7 Å². The molecule has 0 aromatic rings. The first-order valence-electron chi connectivity index (χ1n) is 7.85. The van der Waals surface area contributed by atoms with E-state index in [2.05, 4.69) is 43.1 Å². The number of nitrogens with zero attached hydrogens (tertiary/aromatic N) is 2. The highest BCUT2D eigenvalue weighted by Crippen LogP contribution is 2.16. The van der Waals surface area contributed by atoms with Crippen molar-refractivity contribution >= 4 is 0 Å². The summed E-state index contributed by atoms with van der Waals surface area (Å²) in [6.07, 6.45) is 2.41. The second-order valence-corrected chi connectivity index (χ2v) is 5.84. The van der Waals surface area contributed by atoms with Crippen LogP contribution in [0.3, 0.4) is 0 Å². The topological polar surface area (TPSA) is 27.7 Å². The standard InChI is InChI=1S/C15H33N3O/c1-5-16-15-8-11-19-13-14(15)12-18(6-2)10-7-9-17(3)4/h14-16H,5-13H2,1-4H3. The fourth-order valence-electron chi connectivity index (χ4n) is 2.83. The third-order valence-corrected chi connectivity index (χ3v) is 3.96. The first-order chi connectivity index (χ1) is 9.17. The van der Waals surface area contributed by atoms with Crippen molar-refractivity contribution in [1.82, 2.24) is 15.1 Å². The Hall–Kier alpha value is -0.160. The molecule has 1 aliphatic rings. The van der Waals surface area contributed by atoms with Crippen LogP contribution in [-0.2, 0) is 4.74 Å². The smallest absolute Gasteiger partial charge is 0.0521 e. The van der Waals surface area contributed by atoms with Gasteiger partial charge < -0.3 is 19.9 Å². The maximum Gasteiger partial charge on any atom is 0.0521 e. The minimum absolute atomic E-state index is 0.640. The van der Waals surface area contributed by atoms with E-state index >= 15 is 0 Å². The highest BCUT2D eigenvalue weighted by atomic mass is 16.5. The zero-order valence-corrected chi connectivity index (χ0v) is 13.3. The van der Waals surface area contributed by atoms with Gasteiger partial charge in [0.15, 0.2) is 0 Å². The molecule has 1 N–H and O–H groups in total. The number of nitrogens with one attached hydrogen (secondary N) is 1. The van der Waals surface area contributed by atoms with E-state index in [1.165, 1.54) is 26.1 Å². The Labute approximate surface area is 119 Å². The molecule has 1 aliphatic heterocycles. The van der Waals surface area contributed by atoms with E-state index in [0.717, 1.165) is 32.7 Å². The fourth-order valence-corrected chi connectivity index (χ4v) is 2.83. The van der Waals surface area contributed by atoms with Gasteiger partial charge in [-0.05, 0) is 53.1 Å². The first-order valence-corrected chi connectivity index (χ1v) is 7.85. The molecule has 0 spiro atoms. The van der Waals surface area contributed by atoms with Crippen molar-refractivity contribution in [2.75, 3.05) is 60.0 Å². The summed E-state index contributed by atoms with van der Waals surface area (Å²) in [5.74, 6) is 0.646. The molecule has 1 fully saturated rings. The van der Waals surface area contributed by atoms with Crippen LogP contribution >= 0.6 is 0 Å². The van der Waals surface area contributed by atoms with Crippen LogP contribution in [0.15, 0.2) is 0 Å². The summed E-state index contributed by atoms with van der Waals surface area (Å²) in [4.78, 5) is 4.84. The Morgan fingerprint density at radius 2 is 2.00 bits per heavy atom. The molecule has 0 aromatic carbocycles. The molecule has 114 valence electrons. The van der Waals surface area contributed by atoms with Crippen molar-refractivity contribution < 1.29 is 4.74 Å². The van der Waals surface area contributed by atoms with Crippen molar-refractivity contribution in [2.24, 2.45) is 5.92 Å². The monoisotopic (exact) mass is 271 g/mol. The molecule has 19 heavy (non-hydrogen) atoms. The molecular weight excluding hydrogens is 238 g/mol. The van der Waals surface area contributed by atoms with Gasteiger partial charge in [0.25, 0.3) is 0 Å². The number of hydrogen-bond acceptors (Lipinski definition) is 4. The summed E-state index contributed by atoms with van der Waals surface area (Å²) >= 11 is 0. The fraction of sp³-hybridized carbons (Fsp3) is 1.00. The third kappa shape index (κ3) is 6.70. The molecule has 2 atom stereocenters. The summed E-state index contributed by atoms with van der Waals surface area (Å²) in [6, 6.07) is 0.640. The van der Waals surface area contributed by atoms with Crippen molar-refractivity contribution in [3.05, 3.63) is 0 Å². The number of hydrogen-bond donors (Lipinski definition) is 1. The van der Waals surface area contributed by atoms with Crippen LogP contribution in [0, 0.1) is 5.92 Å². The van der Waals surface area contributed by atoms with E-state index in [1.807, 2.05) is 0 Å². The largest absolute Gasteiger partial charge is 0.381 e. The third-order valence-electron chi connectivity index (χ3n) is 3.96. The molecule has 0 amide bonds. The normalized spacial score (nSPS) is 24.3. The van der Waals surface area contributed by atoms with Crippen LogP contribution in [-0.4, -0.2) is 75.9 Å². The van der Waals surface area contributed by atoms with Gasteiger partial charge in [-0.1, -0.05) is 13.8 Å². The quantitative estimate of drug-likeness (QED) is 0.683. The van der Waals surface area contributed by atoms with Gasteiger partial charge in [-0.2, -0.15) is 0 Å². The highest BCUT2D eigenvalue weighted by Gasteiger charge is 2.26. The molecule has 0 radical (unpaired) electrons. The van der Waals surface area contributed by atoms with Crippen LogP contribution in [0.25, 0.3) is 0 Å². The molecule has 0 aliphatic carbocycles. The Bertz CT molecular complexity index is 221. The minimum Gasteiger partial charge on any atom is -0.381 e. The molecule has 0 aromatic heterocycles. The molecule has 1 heterocycles. The Morgan fingerprint density at radius 3 is 2.63 bits per heavy atom. The van der Waals surface area contributed by atoms with Crippen molar-refractivity contribution in [2.45, 2.75) is 32.7 Å². The van der Waals surface area contributed by atoms with E-state index < -0.39 is 0 Å². The zero-order valence-electron chi connectivity index (χ0n) is 13.3.